The number of methoxy groups -OCH3 is 1. The minimum Gasteiger partial charge on any atom is -0.385 e. The van der Waals surface area contributed by atoms with Gasteiger partial charge in [0.05, 0.1) is 25.4 Å². The second kappa shape index (κ2) is 9.04. The zero-order valence-electron chi connectivity index (χ0n) is 22.2. The number of allylic oxidation sites excluding steroid dienone is 1. The van der Waals surface area contributed by atoms with Gasteiger partial charge in [-0.1, -0.05) is 50.1 Å². The molecule has 4 aliphatic carbocycles. The molecule has 0 bridgehead atoms. The normalized spacial score (nSPS) is 41.1. The first kappa shape index (κ1) is 24.8. The minimum atomic E-state index is -0.941. The van der Waals surface area contributed by atoms with E-state index in [4.69, 9.17) is 14.2 Å². The fourth-order valence-electron chi connectivity index (χ4n) is 8.96. The average Bonchev–Trinajstić information content (AvgIpc) is 3.39. The molecule has 196 valence electrons. The topological polar surface area (TPSA) is 65.0 Å². The highest BCUT2D eigenvalue weighted by Crippen LogP contribution is 2.68. The molecule has 1 heterocycles. The third-order valence-corrected chi connectivity index (χ3v) is 10.9. The van der Waals surface area contributed by atoms with Crippen molar-refractivity contribution in [3.8, 4) is 0 Å². The number of aliphatic hydroxyl groups is 1. The highest BCUT2D eigenvalue weighted by Gasteiger charge is 2.60. The molecule has 0 spiro atoms. The molecule has 1 saturated heterocycles. The SMILES string of the molecule is COC[C@]1(C)CCC[C@H]2[C@@H]3CCC4(O)CC(=O)CCC4=C3C(c3ccc(C4OCCO4)cc3)C[C@@]21C. The Labute approximate surface area is 215 Å². The molecule has 5 heteroatoms. The fourth-order valence-corrected chi connectivity index (χ4v) is 8.96. The lowest BCUT2D eigenvalue weighted by molar-refractivity contribution is -0.131. The number of carbonyl (C=O) groups is 1. The van der Waals surface area contributed by atoms with E-state index in [1.165, 1.54) is 36.0 Å². The van der Waals surface area contributed by atoms with Crippen LogP contribution in [0.25, 0.3) is 0 Å². The summed E-state index contributed by atoms with van der Waals surface area (Å²) in [5.74, 6) is 1.52. The summed E-state index contributed by atoms with van der Waals surface area (Å²) in [6, 6.07) is 8.85. The lowest BCUT2D eigenvalue weighted by Gasteiger charge is -2.63. The minimum absolute atomic E-state index is 0.126. The lowest BCUT2D eigenvalue weighted by atomic mass is 9.42. The van der Waals surface area contributed by atoms with Gasteiger partial charge in [0.25, 0.3) is 0 Å². The Hall–Kier alpha value is -1.53. The van der Waals surface area contributed by atoms with Gasteiger partial charge in [-0.2, -0.15) is 0 Å². The van der Waals surface area contributed by atoms with E-state index in [0.29, 0.717) is 37.9 Å². The number of ketones is 1. The molecule has 36 heavy (non-hydrogen) atoms. The summed E-state index contributed by atoms with van der Waals surface area (Å²) in [5.41, 5.74) is 4.39. The van der Waals surface area contributed by atoms with Crippen LogP contribution in [0.3, 0.4) is 0 Å². The Morgan fingerprint density at radius 1 is 1.03 bits per heavy atom. The highest BCUT2D eigenvalue weighted by molar-refractivity contribution is 5.82. The van der Waals surface area contributed by atoms with Crippen molar-refractivity contribution in [1.29, 1.82) is 0 Å². The van der Waals surface area contributed by atoms with Crippen molar-refractivity contribution >= 4 is 5.78 Å². The maximum Gasteiger partial charge on any atom is 0.184 e. The molecular weight excluding hydrogens is 452 g/mol. The smallest absolute Gasteiger partial charge is 0.184 e. The molecule has 1 aromatic rings. The summed E-state index contributed by atoms with van der Waals surface area (Å²) in [7, 11) is 1.84. The van der Waals surface area contributed by atoms with Crippen molar-refractivity contribution < 1.29 is 24.1 Å². The van der Waals surface area contributed by atoms with Crippen molar-refractivity contribution in [3.05, 3.63) is 46.5 Å². The van der Waals surface area contributed by atoms with E-state index in [-0.39, 0.29) is 28.8 Å². The summed E-state index contributed by atoms with van der Waals surface area (Å²) in [6.45, 7) is 7.06. The van der Waals surface area contributed by atoms with Gasteiger partial charge in [-0.15, -0.1) is 0 Å². The van der Waals surface area contributed by atoms with Crippen molar-refractivity contribution in [3.63, 3.8) is 0 Å². The average molecular weight is 495 g/mol. The number of fused-ring (bicyclic) bond motifs is 4. The van der Waals surface area contributed by atoms with E-state index >= 15 is 0 Å². The van der Waals surface area contributed by atoms with E-state index < -0.39 is 5.60 Å². The van der Waals surface area contributed by atoms with Gasteiger partial charge < -0.3 is 19.3 Å². The van der Waals surface area contributed by atoms with E-state index in [1.807, 2.05) is 7.11 Å². The predicted molar refractivity (Wildman–Crippen MR) is 137 cm³/mol. The number of Topliss-reactive ketones (excluding diaryl/α,β-unsaturated/α-hetero) is 1. The molecule has 5 aliphatic rings. The largest absolute Gasteiger partial charge is 0.385 e. The van der Waals surface area contributed by atoms with Crippen LogP contribution in [0, 0.1) is 22.7 Å². The van der Waals surface area contributed by atoms with Crippen LogP contribution in [0.1, 0.15) is 95.0 Å². The molecule has 3 saturated carbocycles. The van der Waals surface area contributed by atoms with Gasteiger partial charge in [-0.25, -0.2) is 0 Å². The molecule has 1 N–H and O–H groups in total. The summed E-state index contributed by atoms with van der Waals surface area (Å²) in [6.07, 6.45) is 7.76. The second-order valence-electron chi connectivity index (χ2n) is 12.7. The monoisotopic (exact) mass is 494 g/mol. The summed E-state index contributed by atoms with van der Waals surface area (Å²) in [5, 5.41) is 11.8. The van der Waals surface area contributed by atoms with Crippen LogP contribution < -0.4 is 0 Å². The third kappa shape index (κ3) is 3.76. The first-order valence-electron chi connectivity index (χ1n) is 14.1. The molecule has 1 aliphatic heterocycles. The molecule has 5 nitrogen and oxygen atoms in total. The standard InChI is InChI=1S/C31H42O5/c1-29(19-34-3)13-4-5-25-23-12-14-31(33)17-22(32)10-11-26(31)27(23)24(18-30(25,29)2)20-6-8-21(9-7-20)28-35-15-16-36-28/h6-9,23-25,28,33H,4-5,10-19H2,1-3H3/t23-,24?,25-,29-,30-,31?/m0/s1. The van der Waals surface area contributed by atoms with E-state index in [9.17, 15) is 9.90 Å². The van der Waals surface area contributed by atoms with Gasteiger partial charge >= 0.3 is 0 Å². The molecular formula is C31H42O5. The molecule has 0 amide bonds. The van der Waals surface area contributed by atoms with E-state index in [1.54, 1.807) is 0 Å². The second-order valence-corrected chi connectivity index (χ2v) is 12.7. The predicted octanol–water partition coefficient (Wildman–Crippen LogP) is 5.87. The van der Waals surface area contributed by atoms with Gasteiger partial charge in [-0.3, -0.25) is 4.79 Å². The summed E-state index contributed by atoms with van der Waals surface area (Å²) < 4.78 is 17.3. The molecule has 2 unspecified atom stereocenters. The zero-order chi connectivity index (χ0) is 25.1. The van der Waals surface area contributed by atoms with Gasteiger partial charge in [0, 0.05) is 31.4 Å². The van der Waals surface area contributed by atoms with Crippen LogP contribution >= 0.6 is 0 Å². The van der Waals surface area contributed by atoms with Gasteiger partial charge in [0.15, 0.2) is 6.29 Å². The molecule has 4 fully saturated rings. The number of rotatable bonds is 4. The van der Waals surface area contributed by atoms with Crippen molar-refractivity contribution in [2.45, 2.75) is 89.4 Å². The first-order valence-corrected chi connectivity index (χ1v) is 14.1. The summed E-state index contributed by atoms with van der Waals surface area (Å²) >= 11 is 0. The zero-order valence-corrected chi connectivity index (χ0v) is 22.2. The first-order chi connectivity index (χ1) is 17.3. The highest BCUT2D eigenvalue weighted by atomic mass is 16.7. The molecule has 1 aromatic carbocycles. The van der Waals surface area contributed by atoms with Crippen LogP contribution in [0.5, 0.6) is 0 Å². The Balaban J connectivity index is 1.46. The quantitative estimate of drug-likeness (QED) is 0.531. The maximum absolute atomic E-state index is 12.4. The number of hydrogen-bond donors (Lipinski definition) is 1. The number of carbonyl (C=O) groups excluding carboxylic acids is 1. The van der Waals surface area contributed by atoms with E-state index in [0.717, 1.165) is 37.9 Å². The number of ether oxygens (including phenoxy) is 3. The van der Waals surface area contributed by atoms with Crippen molar-refractivity contribution in [2.75, 3.05) is 26.9 Å². The molecule has 0 aromatic heterocycles. The van der Waals surface area contributed by atoms with Gasteiger partial charge in [0.1, 0.15) is 5.78 Å². The van der Waals surface area contributed by atoms with E-state index in [2.05, 4.69) is 38.1 Å². The number of benzene rings is 1. The Kier molecular flexibility index (Phi) is 6.23. The van der Waals surface area contributed by atoms with Crippen LogP contribution in [-0.4, -0.2) is 43.4 Å². The lowest BCUT2D eigenvalue weighted by Crippen LogP contribution is -2.57. The Bertz CT molecular complexity index is 1040. The van der Waals surface area contributed by atoms with Crippen LogP contribution in [0.4, 0.5) is 0 Å². The molecule has 6 atom stereocenters. The Morgan fingerprint density at radius 3 is 2.47 bits per heavy atom. The Morgan fingerprint density at radius 2 is 1.75 bits per heavy atom. The van der Waals surface area contributed by atoms with Crippen LogP contribution in [0.15, 0.2) is 35.4 Å². The molecule has 6 rings (SSSR count). The fraction of sp³-hybridized carbons (Fsp3) is 0.710. The number of hydrogen-bond acceptors (Lipinski definition) is 5. The van der Waals surface area contributed by atoms with Crippen LogP contribution in [-0.2, 0) is 19.0 Å². The third-order valence-electron chi connectivity index (χ3n) is 10.9. The van der Waals surface area contributed by atoms with Crippen LogP contribution in [0.2, 0.25) is 0 Å². The van der Waals surface area contributed by atoms with Gasteiger partial charge in [0.2, 0.25) is 0 Å². The molecule has 0 radical (unpaired) electrons. The summed E-state index contributed by atoms with van der Waals surface area (Å²) in [4.78, 5) is 12.4. The van der Waals surface area contributed by atoms with Crippen molar-refractivity contribution in [2.24, 2.45) is 22.7 Å². The van der Waals surface area contributed by atoms with Crippen molar-refractivity contribution in [1.82, 2.24) is 0 Å². The van der Waals surface area contributed by atoms with Gasteiger partial charge in [-0.05, 0) is 72.3 Å². The maximum atomic E-state index is 12.4.